The lowest BCUT2D eigenvalue weighted by molar-refractivity contribution is -0.141. The van der Waals surface area contributed by atoms with Crippen LogP contribution >= 0.6 is 22.6 Å². The van der Waals surface area contributed by atoms with Crippen LogP contribution in [0.25, 0.3) is 0 Å². The zero-order valence-corrected chi connectivity index (χ0v) is 12.1. The molecule has 0 aliphatic carbocycles. The molecule has 1 aromatic carbocycles. The lowest BCUT2D eigenvalue weighted by atomic mass is 10.1. The van der Waals surface area contributed by atoms with Gasteiger partial charge in [0.1, 0.15) is 6.04 Å². The quantitative estimate of drug-likeness (QED) is 0.853. The zero-order chi connectivity index (χ0) is 13.2. The molecule has 1 unspecified atom stereocenters. The van der Waals surface area contributed by atoms with Crippen LogP contribution in [0.15, 0.2) is 18.2 Å². The average molecular weight is 347 g/mol. The molecule has 0 radical (unpaired) electrons. The van der Waals surface area contributed by atoms with Gasteiger partial charge in [-0.3, -0.25) is 4.79 Å². The Balaban J connectivity index is 3.04. The number of carbonyl (C=O) groups excluding carboxylic acids is 1. The smallest absolute Gasteiger partial charge is 0.326 e. The second kappa shape index (κ2) is 5.48. The van der Waals surface area contributed by atoms with Crippen LogP contribution in [-0.2, 0) is 4.79 Å². The van der Waals surface area contributed by atoms with Gasteiger partial charge in [0.05, 0.1) is 5.56 Å². The third-order valence-corrected chi connectivity index (χ3v) is 3.55. The van der Waals surface area contributed by atoms with Gasteiger partial charge in [-0.15, -0.1) is 0 Å². The van der Waals surface area contributed by atoms with E-state index >= 15 is 0 Å². The van der Waals surface area contributed by atoms with Crippen molar-refractivity contribution in [2.75, 3.05) is 7.05 Å². The van der Waals surface area contributed by atoms with Gasteiger partial charge in [-0.1, -0.05) is 11.6 Å². The molecule has 1 rings (SSSR count). The molecule has 0 bridgehead atoms. The van der Waals surface area contributed by atoms with Gasteiger partial charge in [0.25, 0.3) is 5.91 Å². The minimum Gasteiger partial charge on any atom is -0.480 e. The first-order valence-corrected chi connectivity index (χ1v) is 6.18. The molecule has 17 heavy (non-hydrogen) atoms. The Labute approximate surface area is 114 Å². The molecule has 92 valence electrons. The van der Waals surface area contributed by atoms with Gasteiger partial charge in [-0.25, -0.2) is 4.79 Å². The van der Waals surface area contributed by atoms with Gasteiger partial charge in [-0.2, -0.15) is 0 Å². The lowest BCUT2D eigenvalue weighted by Gasteiger charge is -2.22. The van der Waals surface area contributed by atoms with E-state index in [-0.39, 0.29) is 5.91 Å². The van der Waals surface area contributed by atoms with Crippen LogP contribution in [0.1, 0.15) is 22.8 Å². The monoisotopic (exact) mass is 347 g/mol. The Hall–Kier alpha value is -1.11. The van der Waals surface area contributed by atoms with Gasteiger partial charge >= 0.3 is 5.97 Å². The molecule has 0 aliphatic heterocycles. The van der Waals surface area contributed by atoms with Crippen LogP contribution in [0.3, 0.4) is 0 Å². The molecule has 1 N–H and O–H groups in total. The maximum absolute atomic E-state index is 12.1. The summed E-state index contributed by atoms with van der Waals surface area (Å²) in [6, 6.07) is 4.70. The van der Waals surface area contributed by atoms with Crippen LogP contribution in [0, 0.1) is 10.5 Å². The fourth-order valence-electron chi connectivity index (χ4n) is 1.33. The van der Waals surface area contributed by atoms with Crippen molar-refractivity contribution in [2.45, 2.75) is 19.9 Å². The van der Waals surface area contributed by atoms with E-state index < -0.39 is 12.0 Å². The maximum atomic E-state index is 12.1. The van der Waals surface area contributed by atoms with Crippen molar-refractivity contribution < 1.29 is 14.7 Å². The van der Waals surface area contributed by atoms with Crippen LogP contribution in [-0.4, -0.2) is 35.0 Å². The van der Waals surface area contributed by atoms with Crippen molar-refractivity contribution in [3.05, 3.63) is 32.9 Å². The summed E-state index contributed by atoms with van der Waals surface area (Å²) in [7, 11) is 1.50. The third kappa shape index (κ3) is 3.18. The number of rotatable bonds is 3. The highest BCUT2D eigenvalue weighted by Gasteiger charge is 2.23. The Bertz CT molecular complexity index is 459. The molecular weight excluding hydrogens is 333 g/mol. The molecule has 0 saturated heterocycles. The van der Waals surface area contributed by atoms with E-state index in [1.165, 1.54) is 18.9 Å². The highest BCUT2D eigenvalue weighted by atomic mass is 127. The summed E-state index contributed by atoms with van der Waals surface area (Å²) >= 11 is 2.07. The molecular formula is C12H14INO3. The number of carbonyl (C=O) groups is 2. The van der Waals surface area contributed by atoms with E-state index in [1.54, 1.807) is 6.07 Å². The van der Waals surface area contributed by atoms with Crippen molar-refractivity contribution in [2.24, 2.45) is 0 Å². The summed E-state index contributed by atoms with van der Waals surface area (Å²) in [6.07, 6.45) is 0. The summed E-state index contributed by atoms with van der Waals surface area (Å²) in [5.41, 5.74) is 1.52. The van der Waals surface area contributed by atoms with Gasteiger partial charge in [0.15, 0.2) is 0 Å². The molecule has 0 fully saturated rings. The molecule has 0 saturated carbocycles. The first-order chi connectivity index (χ1) is 7.84. The van der Waals surface area contributed by atoms with Crippen LogP contribution in [0.2, 0.25) is 0 Å². The van der Waals surface area contributed by atoms with Gasteiger partial charge in [0, 0.05) is 10.6 Å². The molecule has 0 spiro atoms. The Morgan fingerprint density at radius 2 is 2.00 bits per heavy atom. The third-order valence-electron chi connectivity index (χ3n) is 2.61. The molecule has 5 heteroatoms. The first-order valence-electron chi connectivity index (χ1n) is 5.10. The van der Waals surface area contributed by atoms with E-state index in [0.717, 1.165) is 9.13 Å². The Morgan fingerprint density at radius 3 is 2.53 bits per heavy atom. The molecule has 1 aromatic rings. The second-order valence-corrected chi connectivity index (χ2v) is 5.08. The Kier molecular flexibility index (Phi) is 4.50. The minimum absolute atomic E-state index is 0.270. The number of carboxylic acids is 1. The van der Waals surface area contributed by atoms with E-state index in [9.17, 15) is 9.59 Å². The highest BCUT2D eigenvalue weighted by molar-refractivity contribution is 14.1. The molecule has 4 nitrogen and oxygen atoms in total. The van der Waals surface area contributed by atoms with Crippen LogP contribution < -0.4 is 0 Å². The number of likely N-dealkylation sites (N-methyl/N-ethyl adjacent to an activating group) is 1. The Morgan fingerprint density at radius 1 is 1.41 bits per heavy atom. The lowest BCUT2D eigenvalue weighted by Crippen LogP contribution is -2.40. The van der Waals surface area contributed by atoms with Crippen molar-refractivity contribution in [1.82, 2.24) is 4.90 Å². The summed E-state index contributed by atoms with van der Waals surface area (Å²) < 4.78 is 0.822. The van der Waals surface area contributed by atoms with Crippen molar-refractivity contribution in [1.29, 1.82) is 0 Å². The fraction of sp³-hybridized carbons (Fsp3) is 0.333. The number of hydrogen-bond donors (Lipinski definition) is 1. The largest absolute Gasteiger partial charge is 0.480 e. The number of nitrogens with zero attached hydrogens (tertiary/aromatic N) is 1. The molecule has 0 aromatic heterocycles. The number of carboxylic acid groups (broad SMARTS) is 1. The average Bonchev–Trinajstić information content (AvgIpc) is 2.29. The molecule has 0 heterocycles. The van der Waals surface area contributed by atoms with Gasteiger partial charge in [-0.05, 0) is 48.6 Å². The van der Waals surface area contributed by atoms with E-state index in [1.807, 2.05) is 19.1 Å². The van der Waals surface area contributed by atoms with E-state index in [0.29, 0.717) is 5.56 Å². The predicted molar refractivity (Wildman–Crippen MR) is 73.1 cm³/mol. The topological polar surface area (TPSA) is 57.6 Å². The summed E-state index contributed by atoms with van der Waals surface area (Å²) in [4.78, 5) is 24.2. The van der Waals surface area contributed by atoms with E-state index in [4.69, 9.17) is 5.11 Å². The molecule has 1 atom stereocenters. The van der Waals surface area contributed by atoms with Crippen molar-refractivity contribution >= 4 is 34.5 Å². The summed E-state index contributed by atoms with van der Waals surface area (Å²) in [5.74, 6) is -1.28. The van der Waals surface area contributed by atoms with Gasteiger partial charge in [0.2, 0.25) is 0 Å². The van der Waals surface area contributed by atoms with Crippen molar-refractivity contribution in [3.63, 3.8) is 0 Å². The number of aryl methyl sites for hydroxylation is 1. The number of halogens is 1. The number of amides is 1. The molecule has 0 aliphatic rings. The van der Waals surface area contributed by atoms with E-state index in [2.05, 4.69) is 22.6 Å². The number of benzene rings is 1. The predicted octanol–water partition coefficient (Wildman–Crippen LogP) is 2.14. The van der Waals surface area contributed by atoms with Gasteiger partial charge < -0.3 is 10.0 Å². The fourth-order valence-corrected chi connectivity index (χ4v) is 1.90. The van der Waals surface area contributed by atoms with Crippen molar-refractivity contribution in [3.8, 4) is 0 Å². The van der Waals surface area contributed by atoms with Crippen LogP contribution in [0.5, 0.6) is 0 Å². The zero-order valence-electron chi connectivity index (χ0n) is 9.90. The summed E-state index contributed by atoms with van der Waals surface area (Å²) in [5, 5.41) is 8.88. The second-order valence-electron chi connectivity index (χ2n) is 3.91. The first kappa shape index (κ1) is 14.0. The SMILES string of the molecule is Cc1ccc(I)c(C(=O)N(C)C(C)C(=O)O)c1. The summed E-state index contributed by atoms with van der Waals surface area (Å²) in [6.45, 7) is 3.39. The number of hydrogen-bond acceptors (Lipinski definition) is 2. The standard InChI is InChI=1S/C12H14INO3/c1-7-4-5-10(13)9(6-7)11(15)14(3)8(2)12(16)17/h4-6,8H,1-3H3,(H,16,17). The van der Waals surface area contributed by atoms with Crippen LogP contribution in [0.4, 0.5) is 0 Å². The normalized spacial score (nSPS) is 12.0. The molecule has 1 amide bonds. The maximum Gasteiger partial charge on any atom is 0.326 e. The number of aliphatic carboxylic acids is 1. The minimum atomic E-state index is -1.01. The highest BCUT2D eigenvalue weighted by Crippen LogP contribution is 2.16.